The molecule has 7 heteroatoms. The van der Waals surface area contributed by atoms with Gasteiger partial charge in [0.15, 0.2) is 0 Å². The van der Waals surface area contributed by atoms with Crippen LogP contribution in [0.25, 0.3) is 0 Å². The molecule has 0 fully saturated rings. The summed E-state index contributed by atoms with van der Waals surface area (Å²) in [5.41, 5.74) is 0.516. The number of ether oxygens (including phenoxy) is 2. The average molecular weight is 388 g/mol. The SMILES string of the molecule is COc1ccc(OCCNC(=O)CN(CCc2ccccc2F)C(C)=O)cc1. The molecule has 6 nitrogen and oxygen atoms in total. The van der Waals surface area contributed by atoms with Gasteiger partial charge < -0.3 is 19.7 Å². The predicted octanol–water partition coefficient (Wildman–Crippen LogP) is 2.42. The van der Waals surface area contributed by atoms with Gasteiger partial charge in [-0.05, 0) is 42.3 Å². The third-order valence-electron chi connectivity index (χ3n) is 4.14. The Morgan fingerprint density at radius 1 is 1.07 bits per heavy atom. The molecule has 2 amide bonds. The Balaban J connectivity index is 1.72. The molecule has 0 bridgehead atoms. The number of carbonyl (C=O) groups excluding carboxylic acids is 2. The molecule has 0 heterocycles. The monoisotopic (exact) mass is 388 g/mol. The zero-order valence-corrected chi connectivity index (χ0v) is 16.1. The number of rotatable bonds is 10. The van der Waals surface area contributed by atoms with Crippen molar-refractivity contribution in [1.29, 1.82) is 0 Å². The van der Waals surface area contributed by atoms with Gasteiger partial charge in [0, 0.05) is 13.5 Å². The summed E-state index contributed by atoms with van der Waals surface area (Å²) in [6.07, 6.45) is 0.347. The van der Waals surface area contributed by atoms with Crippen LogP contribution in [0.2, 0.25) is 0 Å². The van der Waals surface area contributed by atoms with E-state index in [1.54, 1.807) is 49.6 Å². The maximum atomic E-state index is 13.7. The van der Waals surface area contributed by atoms with E-state index >= 15 is 0 Å². The largest absolute Gasteiger partial charge is 0.497 e. The summed E-state index contributed by atoms with van der Waals surface area (Å²) < 4.78 is 24.3. The lowest BCUT2D eigenvalue weighted by molar-refractivity contribution is -0.134. The zero-order chi connectivity index (χ0) is 20.4. The van der Waals surface area contributed by atoms with E-state index in [2.05, 4.69) is 5.32 Å². The van der Waals surface area contributed by atoms with Crippen molar-refractivity contribution in [2.75, 3.05) is 33.4 Å². The number of benzene rings is 2. The summed E-state index contributed by atoms with van der Waals surface area (Å²) in [7, 11) is 1.59. The van der Waals surface area contributed by atoms with Crippen molar-refractivity contribution in [3.63, 3.8) is 0 Å². The molecule has 0 aliphatic heterocycles. The van der Waals surface area contributed by atoms with Crippen LogP contribution in [-0.4, -0.2) is 50.1 Å². The molecular weight excluding hydrogens is 363 g/mol. The number of methoxy groups -OCH3 is 1. The van der Waals surface area contributed by atoms with E-state index in [4.69, 9.17) is 9.47 Å². The number of hydrogen-bond donors (Lipinski definition) is 1. The lowest BCUT2D eigenvalue weighted by Crippen LogP contribution is -2.41. The first-order chi connectivity index (χ1) is 13.5. The Morgan fingerprint density at radius 2 is 1.75 bits per heavy atom. The van der Waals surface area contributed by atoms with Gasteiger partial charge in [0.05, 0.1) is 20.2 Å². The van der Waals surface area contributed by atoms with Crippen molar-refractivity contribution in [2.45, 2.75) is 13.3 Å². The summed E-state index contributed by atoms with van der Waals surface area (Å²) >= 11 is 0. The van der Waals surface area contributed by atoms with Crippen LogP contribution in [0.15, 0.2) is 48.5 Å². The summed E-state index contributed by atoms with van der Waals surface area (Å²) in [6.45, 7) is 2.19. The molecule has 0 aromatic heterocycles. The molecular formula is C21H25FN2O4. The van der Waals surface area contributed by atoms with E-state index in [-0.39, 0.29) is 30.7 Å². The van der Waals surface area contributed by atoms with Gasteiger partial charge in [-0.2, -0.15) is 0 Å². The predicted molar refractivity (Wildman–Crippen MR) is 104 cm³/mol. The molecule has 2 aromatic carbocycles. The fourth-order valence-corrected chi connectivity index (χ4v) is 2.56. The number of nitrogens with one attached hydrogen (secondary N) is 1. The Hall–Kier alpha value is -3.09. The van der Waals surface area contributed by atoms with Crippen LogP contribution in [0.4, 0.5) is 4.39 Å². The second-order valence-electron chi connectivity index (χ2n) is 6.16. The van der Waals surface area contributed by atoms with Crippen LogP contribution >= 0.6 is 0 Å². The van der Waals surface area contributed by atoms with Crippen molar-refractivity contribution in [3.8, 4) is 11.5 Å². The van der Waals surface area contributed by atoms with Gasteiger partial charge in [0.1, 0.15) is 23.9 Å². The van der Waals surface area contributed by atoms with E-state index in [1.165, 1.54) is 17.9 Å². The van der Waals surface area contributed by atoms with E-state index < -0.39 is 0 Å². The van der Waals surface area contributed by atoms with Crippen molar-refractivity contribution in [1.82, 2.24) is 10.2 Å². The second-order valence-corrected chi connectivity index (χ2v) is 6.16. The highest BCUT2D eigenvalue weighted by Crippen LogP contribution is 2.16. The number of nitrogens with zero attached hydrogens (tertiary/aromatic N) is 1. The van der Waals surface area contributed by atoms with Gasteiger partial charge in [-0.1, -0.05) is 18.2 Å². The smallest absolute Gasteiger partial charge is 0.239 e. The first kappa shape index (κ1) is 21.2. The van der Waals surface area contributed by atoms with Crippen LogP contribution < -0.4 is 14.8 Å². The van der Waals surface area contributed by atoms with Crippen LogP contribution in [0.1, 0.15) is 12.5 Å². The van der Waals surface area contributed by atoms with Gasteiger partial charge in [-0.15, -0.1) is 0 Å². The van der Waals surface area contributed by atoms with Crippen molar-refractivity contribution in [2.24, 2.45) is 0 Å². The van der Waals surface area contributed by atoms with E-state index in [9.17, 15) is 14.0 Å². The highest BCUT2D eigenvalue weighted by atomic mass is 19.1. The van der Waals surface area contributed by atoms with Gasteiger partial charge >= 0.3 is 0 Å². The molecule has 150 valence electrons. The van der Waals surface area contributed by atoms with Crippen LogP contribution in [-0.2, 0) is 16.0 Å². The van der Waals surface area contributed by atoms with E-state index in [1.807, 2.05) is 0 Å². The molecule has 0 radical (unpaired) electrons. The van der Waals surface area contributed by atoms with Gasteiger partial charge in [0.2, 0.25) is 11.8 Å². The zero-order valence-electron chi connectivity index (χ0n) is 16.1. The summed E-state index contributed by atoms with van der Waals surface area (Å²) in [4.78, 5) is 25.2. The molecule has 0 saturated carbocycles. The lowest BCUT2D eigenvalue weighted by Gasteiger charge is -2.20. The Kier molecular flexibility index (Phi) is 8.27. The van der Waals surface area contributed by atoms with Crippen LogP contribution in [0.5, 0.6) is 11.5 Å². The van der Waals surface area contributed by atoms with Crippen molar-refractivity contribution < 1.29 is 23.5 Å². The maximum absolute atomic E-state index is 13.7. The first-order valence-corrected chi connectivity index (χ1v) is 9.02. The Morgan fingerprint density at radius 3 is 2.39 bits per heavy atom. The number of amides is 2. The highest BCUT2D eigenvalue weighted by Gasteiger charge is 2.14. The molecule has 0 atom stereocenters. The minimum atomic E-state index is -0.314. The third kappa shape index (κ3) is 6.90. The lowest BCUT2D eigenvalue weighted by atomic mass is 10.1. The molecule has 1 N–H and O–H groups in total. The highest BCUT2D eigenvalue weighted by molar-refractivity contribution is 5.83. The molecule has 0 aliphatic rings. The fourth-order valence-electron chi connectivity index (χ4n) is 2.56. The van der Waals surface area contributed by atoms with Crippen molar-refractivity contribution in [3.05, 3.63) is 59.9 Å². The van der Waals surface area contributed by atoms with Gasteiger partial charge in [-0.25, -0.2) is 4.39 Å². The number of halogens is 1. The molecule has 2 rings (SSSR count). The Bertz CT molecular complexity index is 780. The first-order valence-electron chi connectivity index (χ1n) is 9.02. The topological polar surface area (TPSA) is 67.9 Å². The summed E-state index contributed by atoms with van der Waals surface area (Å²) in [5, 5.41) is 2.71. The molecule has 2 aromatic rings. The van der Waals surface area contributed by atoms with Crippen LogP contribution in [0, 0.1) is 5.82 Å². The molecule has 0 saturated heterocycles. The van der Waals surface area contributed by atoms with Gasteiger partial charge in [-0.3, -0.25) is 9.59 Å². The fraction of sp³-hybridized carbons (Fsp3) is 0.333. The number of carbonyl (C=O) groups is 2. The minimum absolute atomic E-state index is 0.0771. The normalized spacial score (nSPS) is 10.2. The molecule has 0 unspecified atom stereocenters. The van der Waals surface area contributed by atoms with E-state index in [0.29, 0.717) is 30.9 Å². The molecule has 0 aliphatic carbocycles. The average Bonchev–Trinajstić information content (AvgIpc) is 2.69. The standard InChI is InChI=1S/C21H25FN2O4/c1-16(25)24(13-11-17-5-3-4-6-20(17)22)15-21(26)23-12-14-28-19-9-7-18(27-2)8-10-19/h3-10H,11-15H2,1-2H3,(H,23,26). The van der Waals surface area contributed by atoms with Crippen LogP contribution in [0.3, 0.4) is 0 Å². The third-order valence-corrected chi connectivity index (χ3v) is 4.14. The summed E-state index contributed by atoms with van der Waals surface area (Å²) in [5.74, 6) is 0.569. The molecule has 0 spiro atoms. The van der Waals surface area contributed by atoms with Crippen molar-refractivity contribution >= 4 is 11.8 Å². The molecule has 28 heavy (non-hydrogen) atoms. The minimum Gasteiger partial charge on any atom is -0.497 e. The van der Waals surface area contributed by atoms with E-state index in [0.717, 1.165) is 5.75 Å². The summed E-state index contributed by atoms with van der Waals surface area (Å²) in [6, 6.07) is 13.5. The van der Waals surface area contributed by atoms with Gasteiger partial charge in [0.25, 0.3) is 0 Å². The maximum Gasteiger partial charge on any atom is 0.239 e. The number of hydrogen-bond acceptors (Lipinski definition) is 4. The second kappa shape index (κ2) is 10.9. The quantitative estimate of drug-likeness (QED) is 0.635. The Labute approximate surface area is 164 Å².